The van der Waals surface area contributed by atoms with E-state index >= 15 is 0 Å². The topological polar surface area (TPSA) is 138 Å². The maximum atomic E-state index is 9.54. The zero-order valence-electron chi connectivity index (χ0n) is 16.3. The Balaban J connectivity index is 1.83. The summed E-state index contributed by atoms with van der Waals surface area (Å²) in [5.74, 6) is 2.27. The van der Waals surface area contributed by atoms with Gasteiger partial charge in [0.15, 0.2) is 17.5 Å². The summed E-state index contributed by atoms with van der Waals surface area (Å²) in [6.45, 7) is 2.70. The summed E-state index contributed by atoms with van der Waals surface area (Å²) in [6.07, 6.45) is 3.48. The largest absolute Gasteiger partial charge is 0.372 e. The van der Waals surface area contributed by atoms with Gasteiger partial charge in [0.2, 0.25) is 0 Å². The van der Waals surface area contributed by atoms with E-state index in [9.17, 15) is 5.26 Å². The minimum Gasteiger partial charge on any atom is -0.372 e. The summed E-state index contributed by atoms with van der Waals surface area (Å²) in [7, 11) is 3.48. The van der Waals surface area contributed by atoms with Crippen molar-refractivity contribution in [3.8, 4) is 11.9 Å². The number of rotatable bonds is 6. The van der Waals surface area contributed by atoms with Crippen molar-refractivity contribution in [1.29, 1.82) is 5.26 Å². The number of nitrogens with one attached hydrogen (secondary N) is 3. The van der Waals surface area contributed by atoms with Crippen LogP contribution < -0.4 is 16.0 Å². The minimum atomic E-state index is 0.200. The van der Waals surface area contributed by atoms with Crippen LogP contribution in [0, 0.1) is 18.3 Å². The fourth-order valence-corrected chi connectivity index (χ4v) is 3.03. The highest BCUT2D eigenvalue weighted by Crippen LogP contribution is 2.37. The monoisotopic (exact) mass is 388 g/mol. The Hall–Kier alpha value is -3.84. The third-order valence-corrected chi connectivity index (χ3v) is 4.67. The lowest BCUT2D eigenvalue weighted by Gasteiger charge is -2.12. The first-order valence-corrected chi connectivity index (χ1v) is 9.12. The van der Waals surface area contributed by atoms with Crippen molar-refractivity contribution < 1.29 is 0 Å². The zero-order valence-corrected chi connectivity index (χ0v) is 16.3. The van der Waals surface area contributed by atoms with Gasteiger partial charge in [0.1, 0.15) is 17.6 Å². The Labute approximate surface area is 167 Å². The molecule has 0 spiro atoms. The molecule has 1 atom stereocenters. The van der Waals surface area contributed by atoms with E-state index in [0.29, 0.717) is 40.1 Å². The van der Waals surface area contributed by atoms with Crippen molar-refractivity contribution in [2.24, 2.45) is 10.2 Å². The summed E-state index contributed by atoms with van der Waals surface area (Å²) in [6, 6.07) is 7.98. The van der Waals surface area contributed by atoms with Gasteiger partial charge < -0.3 is 16.0 Å². The van der Waals surface area contributed by atoms with Gasteiger partial charge in [-0.15, -0.1) is 10.2 Å². The lowest BCUT2D eigenvalue weighted by atomic mass is 10.1. The normalized spacial score (nSPS) is 15.3. The van der Waals surface area contributed by atoms with Crippen LogP contribution in [0.2, 0.25) is 0 Å². The summed E-state index contributed by atoms with van der Waals surface area (Å²) < 4.78 is 1.66. The Morgan fingerprint density at radius 1 is 1.24 bits per heavy atom. The van der Waals surface area contributed by atoms with E-state index in [1.165, 1.54) is 0 Å². The Morgan fingerprint density at radius 3 is 2.66 bits per heavy atom. The number of aromatic nitrogens is 4. The highest BCUT2D eigenvalue weighted by atomic mass is 15.4. The van der Waals surface area contributed by atoms with Crippen LogP contribution >= 0.6 is 0 Å². The molecular formula is C19H20N10. The maximum Gasteiger partial charge on any atom is 0.184 e. The van der Waals surface area contributed by atoms with E-state index in [-0.39, 0.29) is 6.04 Å². The van der Waals surface area contributed by atoms with E-state index in [4.69, 9.17) is 0 Å². The molecule has 1 aliphatic heterocycles. The molecule has 1 fully saturated rings. The van der Waals surface area contributed by atoms with Gasteiger partial charge in [0.05, 0.1) is 17.8 Å². The quantitative estimate of drug-likeness (QED) is 0.436. The Bertz CT molecular complexity index is 1110. The lowest BCUT2D eigenvalue weighted by molar-refractivity contribution is 0.838. The van der Waals surface area contributed by atoms with Crippen molar-refractivity contribution in [1.82, 2.24) is 25.1 Å². The van der Waals surface area contributed by atoms with Crippen LogP contribution in [-0.4, -0.2) is 40.4 Å². The number of nitrogens with zero attached hydrogens (tertiary/aromatic N) is 7. The van der Waals surface area contributed by atoms with Crippen LogP contribution in [0.1, 0.15) is 22.7 Å². The van der Waals surface area contributed by atoms with Crippen LogP contribution in [0.25, 0.3) is 5.82 Å². The van der Waals surface area contributed by atoms with Gasteiger partial charge >= 0.3 is 0 Å². The second-order valence-electron chi connectivity index (χ2n) is 6.45. The molecule has 4 rings (SSSR count). The minimum absolute atomic E-state index is 0.200. The van der Waals surface area contributed by atoms with Gasteiger partial charge in [0, 0.05) is 38.0 Å². The number of azo groups is 1. The van der Waals surface area contributed by atoms with Crippen molar-refractivity contribution in [2.45, 2.75) is 13.0 Å². The molecule has 3 N–H and O–H groups in total. The molecule has 1 saturated heterocycles. The van der Waals surface area contributed by atoms with Gasteiger partial charge in [-0.1, -0.05) is 6.07 Å². The van der Waals surface area contributed by atoms with Crippen LogP contribution in [0.5, 0.6) is 0 Å². The number of hydrogen-bond acceptors (Lipinski definition) is 9. The number of pyridine rings is 2. The second-order valence-corrected chi connectivity index (χ2v) is 6.45. The Morgan fingerprint density at radius 2 is 2.03 bits per heavy atom. The van der Waals surface area contributed by atoms with Gasteiger partial charge in [0.25, 0.3) is 0 Å². The molecule has 0 aromatic carbocycles. The summed E-state index contributed by atoms with van der Waals surface area (Å²) in [5, 5.41) is 32.2. The van der Waals surface area contributed by atoms with E-state index in [0.717, 1.165) is 12.1 Å². The van der Waals surface area contributed by atoms with Crippen molar-refractivity contribution >= 4 is 23.1 Å². The molecule has 0 radical (unpaired) electrons. The van der Waals surface area contributed by atoms with E-state index in [2.05, 4.69) is 47.3 Å². The fourth-order valence-electron chi connectivity index (χ4n) is 3.03. The van der Waals surface area contributed by atoms with Crippen molar-refractivity contribution in [2.75, 3.05) is 31.3 Å². The van der Waals surface area contributed by atoms with Gasteiger partial charge in [-0.25, -0.2) is 9.97 Å². The molecule has 4 heterocycles. The molecule has 0 saturated carbocycles. The number of hydrogen-bond donors (Lipinski definition) is 3. The molecule has 10 nitrogen and oxygen atoms in total. The fraction of sp³-hybridized carbons (Fsp3) is 0.263. The van der Waals surface area contributed by atoms with Gasteiger partial charge in [-0.3, -0.25) is 0 Å². The highest BCUT2D eigenvalue weighted by molar-refractivity contribution is 5.74. The lowest BCUT2D eigenvalue weighted by Crippen LogP contribution is -2.03. The molecule has 1 aliphatic rings. The highest BCUT2D eigenvalue weighted by Gasteiger charge is 2.29. The predicted molar refractivity (Wildman–Crippen MR) is 109 cm³/mol. The first-order chi connectivity index (χ1) is 14.2. The van der Waals surface area contributed by atoms with Crippen LogP contribution in [0.15, 0.2) is 40.8 Å². The molecule has 3 aromatic rings. The molecule has 0 bridgehead atoms. The summed E-state index contributed by atoms with van der Waals surface area (Å²) in [4.78, 5) is 8.81. The molecule has 29 heavy (non-hydrogen) atoms. The summed E-state index contributed by atoms with van der Waals surface area (Å²) in [5.41, 5.74) is 2.58. The van der Waals surface area contributed by atoms with Crippen molar-refractivity contribution in [3.05, 3.63) is 47.3 Å². The van der Waals surface area contributed by atoms with E-state index in [1.807, 2.05) is 25.1 Å². The maximum absolute atomic E-state index is 9.54. The summed E-state index contributed by atoms with van der Waals surface area (Å²) >= 11 is 0. The second kappa shape index (κ2) is 7.65. The van der Waals surface area contributed by atoms with Crippen LogP contribution in [-0.2, 0) is 0 Å². The van der Waals surface area contributed by atoms with Gasteiger partial charge in [-0.05, 0) is 19.1 Å². The van der Waals surface area contributed by atoms with E-state index < -0.39 is 0 Å². The SMILES string of the molecule is CNc1nc(NC)c(N=Nc2c([C@H]3CN3)cnn2-c2ccccn2)c(C)c1C#N. The smallest absolute Gasteiger partial charge is 0.184 e. The number of nitriles is 1. The molecule has 0 amide bonds. The molecule has 0 unspecified atom stereocenters. The average Bonchev–Trinajstić information content (AvgIpc) is 3.52. The molecule has 146 valence electrons. The standard InChI is InChI=1S/C19H20N10/c1-11-12(8-20)17(21-2)26-18(22-3)16(11)27-28-19-13(14-10-24-14)9-25-29(19)15-6-4-5-7-23-15/h4-7,9,14,24H,10H2,1-3H3,(H2,21,22,26)/t14-/m1/s1. The molecule has 0 aliphatic carbocycles. The third kappa shape index (κ3) is 3.39. The van der Waals surface area contributed by atoms with Crippen molar-refractivity contribution in [3.63, 3.8) is 0 Å². The molecule has 10 heteroatoms. The zero-order chi connectivity index (χ0) is 20.4. The predicted octanol–water partition coefficient (Wildman–Crippen LogP) is 2.99. The first kappa shape index (κ1) is 18.5. The molecule has 3 aromatic heterocycles. The van der Waals surface area contributed by atoms with Gasteiger partial charge in [-0.2, -0.15) is 15.0 Å². The first-order valence-electron chi connectivity index (χ1n) is 9.12. The third-order valence-electron chi connectivity index (χ3n) is 4.67. The van der Waals surface area contributed by atoms with E-state index in [1.54, 1.807) is 31.2 Å². The number of anilines is 2. The average molecular weight is 388 g/mol. The Kier molecular flexibility index (Phi) is 4.88. The van der Waals surface area contributed by atoms with Crippen LogP contribution in [0.4, 0.5) is 23.1 Å². The molecular weight excluding hydrogens is 368 g/mol. The van der Waals surface area contributed by atoms with Crippen LogP contribution in [0.3, 0.4) is 0 Å².